The van der Waals surface area contributed by atoms with E-state index in [1.165, 1.54) is 23.3 Å². The van der Waals surface area contributed by atoms with Gasteiger partial charge in [0.1, 0.15) is 0 Å². The lowest BCUT2D eigenvalue weighted by Crippen LogP contribution is -2.27. The zero-order valence-corrected chi connectivity index (χ0v) is 18.9. The number of hydrogen-bond acceptors (Lipinski definition) is 3. The maximum Gasteiger partial charge on any atom is 0.298 e. The third-order valence-corrected chi connectivity index (χ3v) is 6.45. The van der Waals surface area contributed by atoms with Gasteiger partial charge >= 0.3 is 0 Å². The van der Waals surface area contributed by atoms with Crippen molar-refractivity contribution in [3.8, 4) is 5.69 Å². The maximum absolute atomic E-state index is 12.9. The number of aromatic nitrogens is 1. The van der Waals surface area contributed by atoms with E-state index >= 15 is 0 Å². The number of amides is 2. The van der Waals surface area contributed by atoms with E-state index in [1.807, 2.05) is 31.2 Å². The summed E-state index contributed by atoms with van der Waals surface area (Å²) in [6.07, 6.45) is 5.32. The van der Waals surface area contributed by atoms with Gasteiger partial charge in [0.25, 0.3) is 11.1 Å². The van der Waals surface area contributed by atoms with E-state index in [2.05, 4.69) is 48.7 Å². The van der Waals surface area contributed by atoms with Crippen LogP contribution in [0.3, 0.4) is 0 Å². The number of carbonyl (C=O) groups is 2. The molecule has 31 heavy (non-hydrogen) atoms. The van der Waals surface area contributed by atoms with Crippen molar-refractivity contribution in [2.24, 2.45) is 0 Å². The van der Waals surface area contributed by atoms with Crippen molar-refractivity contribution in [1.82, 2.24) is 4.57 Å². The molecule has 158 valence electrons. The minimum atomic E-state index is -0.272. The summed E-state index contributed by atoms with van der Waals surface area (Å²) in [5.41, 5.74) is 6.14. The fourth-order valence-corrected chi connectivity index (χ4v) is 4.76. The van der Waals surface area contributed by atoms with Gasteiger partial charge in [-0.05, 0) is 86.0 Å². The van der Waals surface area contributed by atoms with Crippen LogP contribution in [0.25, 0.3) is 11.8 Å². The van der Waals surface area contributed by atoms with Gasteiger partial charge in [-0.2, -0.15) is 0 Å². The second kappa shape index (κ2) is 8.98. The van der Waals surface area contributed by atoms with Gasteiger partial charge in [0.2, 0.25) is 0 Å². The minimum absolute atomic E-state index is 0.265. The Labute approximate surface area is 187 Å². The van der Waals surface area contributed by atoms with Crippen molar-refractivity contribution in [3.05, 3.63) is 88.1 Å². The van der Waals surface area contributed by atoms with Crippen LogP contribution in [0.4, 0.5) is 10.5 Å². The summed E-state index contributed by atoms with van der Waals surface area (Å²) in [6.45, 7) is 6.31. The monoisotopic (exact) mass is 430 g/mol. The second-order valence-electron chi connectivity index (χ2n) is 7.78. The highest BCUT2D eigenvalue weighted by molar-refractivity contribution is 8.19. The molecule has 0 spiro atoms. The van der Waals surface area contributed by atoms with E-state index < -0.39 is 0 Å². The number of unbranched alkanes of at least 4 members (excludes halogenated alkanes) is 1. The Balaban J connectivity index is 1.62. The Hall–Kier alpha value is -3.05. The first-order valence-electron chi connectivity index (χ1n) is 10.6. The van der Waals surface area contributed by atoms with Gasteiger partial charge in [-0.1, -0.05) is 43.7 Å². The highest BCUT2D eigenvalue weighted by Crippen LogP contribution is 2.36. The SMILES string of the molecule is CCCCc1ccc(-n2c(C)cc(/C=C3\SC(=O)N(c4ccccc4)C3=O)c2C)cc1. The van der Waals surface area contributed by atoms with Gasteiger partial charge in [0.15, 0.2) is 0 Å². The molecule has 5 heteroatoms. The molecule has 3 aromatic rings. The van der Waals surface area contributed by atoms with Crippen LogP contribution in [-0.2, 0) is 11.2 Å². The Morgan fingerprint density at radius 1 is 0.935 bits per heavy atom. The van der Waals surface area contributed by atoms with E-state index in [9.17, 15) is 9.59 Å². The number of para-hydroxylation sites is 1. The van der Waals surface area contributed by atoms with E-state index in [-0.39, 0.29) is 11.1 Å². The van der Waals surface area contributed by atoms with Gasteiger partial charge < -0.3 is 4.57 Å². The molecule has 0 saturated carbocycles. The Morgan fingerprint density at radius 3 is 2.32 bits per heavy atom. The Morgan fingerprint density at radius 2 is 1.65 bits per heavy atom. The first-order valence-corrected chi connectivity index (χ1v) is 11.4. The molecule has 1 fully saturated rings. The highest BCUT2D eigenvalue weighted by Gasteiger charge is 2.36. The summed E-state index contributed by atoms with van der Waals surface area (Å²) in [5.74, 6) is -0.272. The molecule has 1 aromatic heterocycles. The van der Waals surface area contributed by atoms with Crippen LogP contribution in [0.5, 0.6) is 0 Å². The fourth-order valence-electron chi connectivity index (χ4n) is 3.93. The van der Waals surface area contributed by atoms with Gasteiger partial charge in [0.05, 0.1) is 10.6 Å². The molecule has 4 rings (SSSR count). The van der Waals surface area contributed by atoms with Crippen molar-refractivity contribution in [2.45, 2.75) is 40.0 Å². The molecule has 0 unspecified atom stereocenters. The summed E-state index contributed by atoms with van der Waals surface area (Å²) < 4.78 is 2.19. The lowest BCUT2D eigenvalue weighted by atomic mass is 10.1. The number of hydrogen-bond donors (Lipinski definition) is 0. The fraction of sp³-hybridized carbons (Fsp3) is 0.231. The summed E-state index contributed by atoms with van der Waals surface area (Å²) >= 11 is 0.990. The van der Waals surface area contributed by atoms with Gasteiger partial charge in [-0.3, -0.25) is 9.59 Å². The van der Waals surface area contributed by atoms with Crippen LogP contribution < -0.4 is 4.90 Å². The third kappa shape index (κ3) is 4.23. The average molecular weight is 431 g/mol. The van der Waals surface area contributed by atoms with E-state index in [0.717, 1.165) is 40.8 Å². The summed E-state index contributed by atoms with van der Waals surface area (Å²) in [4.78, 5) is 27.1. The number of carbonyl (C=O) groups excluding carboxylic acids is 2. The average Bonchev–Trinajstić information content (AvgIpc) is 3.21. The third-order valence-electron chi connectivity index (χ3n) is 5.58. The molecule has 1 saturated heterocycles. The number of benzene rings is 2. The zero-order chi connectivity index (χ0) is 22.0. The van der Waals surface area contributed by atoms with Crippen molar-refractivity contribution in [3.63, 3.8) is 0 Å². The maximum atomic E-state index is 12.9. The number of thioether (sulfide) groups is 1. The molecule has 0 radical (unpaired) electrons. The number of imide groups is 1. The second-order valence-corrected chi connectivity index (χ2v) is 8.78. The van der Waals surface area contributed by atoms with Crippen LogP contribution in [-0.4, -0.2) is 15.7 Å². The highest BCUT2D eigenvalue weighted by atomic mass is 32.2. The van der Waals surface area contributed by atoms with Crippen LogP contribution in [0.2, 0.25) is 0 Å². The van der Waals surface area contributed by atoms with Crippen LogP contribution in [0.1, 0.15) is 42.3 Å². The first-order chi connectivity index (χ1) is 15.0. The predicted molar refractivity (Wildman–Crippen MR) is 129 cm³/mol. The quantitative estimate of drug-likeness (QED) is 0.410. The lowest BCUT2D eigenvalue weighted by molar-refractivity contribution is -0.113. The molecule has 4 nitrogen and oxygen atoms in total. The van der Waals surface area contributed by atoms with Gasteiger partial charge in [-0.15, -0.1) is 0 Å². The van der Waals surface area contributed by atoms with Crippen molar-refractivity contribution in [2.75, 3.05) is 4.90 Å². The van der Waals surface area contributed by atoms with Crippen molar-refractivity contribution < 1.29 is 9.59 Å². The topological polar surface area (TPSA) is 42.3 Å². The van der Waals surface area contributed by atoms with E-state index in [1.54, 1.807) is 12.1 Å². The van der Waals surface area contributed by atoms with Crippen molar-refractivity contribution >= 4 is 34.7 Å². The summed E-state index contributed by atoms with van der Waals surface area (Å²) in [5, 5.41) is -0.265. The van der Waals surface area contributed by atoms with E-state index in [0.29, 0.717) is 10.6 Å². The number of rotatable bonds is 6. The summed E-state index contributed by atoms with van der Waals surface area (Å²) in [7, 11) is 0. The first kappa shape index (κ1) is 21.2. The molecule has 0 bridgehead atoms. The zero-order valence-electron chi connectivity index (χ0n) is 18.1. The number of anilines is 1. The lowest BCUT2D eigenvalue weighted by Gasteiger charge is -2.11. The smallest absolute Gasteiger partial charge is 0.298 e. The number of nitrogens with zero attached hydrogens (tertiary/aromatic N) is 2. The molecular weight excluding hydrogens is 404 g/mol. The Kier molecular flexibility index (Phi) is 6.14. The molecule has 2 heterocycles. The molecule has 2 aromatic carbocycles. The van der Waals surface area contributed by atoms with Crippen LogP contribution in [0.15, 0.2) is 65.6 Å². The van der Waals surface area contributed by atoms with E-state index in [4.69, 9.17) is 0 Å². The minimum Gasteiger partial charge on any atom is -0.318 e. The molecule has 0 aliphatic carbocycles. The normalized spacial score (nSPS) is 15.3. The van der Waals surface area contributed by atoms with Gasteiger partial charge in [-0.25, -0.2) is 4.90 Å². The predicted octanol–water partition coefficient (Wildman–Crippen LogP) is 6.68. The molecule has 1 aliphatic rings. The van der Waals surface area contributed by atoms with Crippen LogP contribution in [0, 0.1) is 13.8 Å². The molecular formula is C26H26N2O2S. The largest absolute Gasteiger partial charge is 0.318 e. The van der Waals surface area contributed by atoms with Crippen LogP contribution >= 0.6 is 11.8 Å². The van der Waals surface area contributed by atoms with Gasteiger partial charge in [0, 0.05) is 17.1 Å². The molecule has 0 atom stereocenters. The number of aryl methyl sites for hydroxylation is 2. The Bertz CT molecular complexity index is 1140. The van der Waals surface area contributed by atoms with Crippen molar-refractivity contribution in [1.29, 1.82) is 0 Å². The molecule has 2 amide bonds. The molecule has 1 aliphatic heterocycles. The molecule has 0 N–H and O–H groups in total. The standard InChI is InChI=1S/C26H26N2O2S/c1-4-5-9-20-12-14-23(15-13-20)27-18(2)16-21(19(27)3)17-24-25(29)28(26(30)31-24)22-10-7-6-8-11-22/h6-8,10-17H,4-5,9H2,1-3H3/b24-17-. The summed E-state index contributed by atoms with van der Waals surface area (Å²) in [6, 6.07) is 19.8.